The lowest BCUT2D eigenvalue weighted by molar-refractivity contribution is -0.118. The lowest BCUT2D eigenvalue weighted by Crippen LogP contribution is -2.61. The molecule has 146 valence electrons. The molecule has 0 unspecified atom stereocenters. The predicted molar refractivity (Wildman–Crippen MR) is 105 cm³/mol. The van der Waals surface area contributed by atoms with Crippen LogP contribution in [0.15, 0.2) is 48.5 Å². The van der Waals surface area contributed by atoms with Gasteiger partial charge in [0.15, 0.2) is 5.72 Å². The van der Waals surface area contributed by atoms with Crippen molar-refractivity contribution < 1.29 is 19.1 Å². The van der Waals surface area contributed by atoms with Crippen molar-refractivity contribution in [3.05, 3.63) is 54.1 Å². The van der Waals surface area contributed by atoms with Gasteiger partial charge in [-0.2, -0.15) is 0 Å². The van der Waals surface area contributed by atoms with E-state index in [4.69, 9.17) is 9.47 Å². The number of carbonyl (C=O) groups excluding carboxylic acids is 2. The van der Waals surface area contributed by atoms with Gasteiger partial charge in [-0.3, -0.25) is 14.5 Å². The number of hydrogen-bond donors (Lipinski definition) is 2. The molecular formula is C21H23N3O4. The third-order valence-corrected chi connectivity index (χ3v) is 5.19. The largest absolute Gasteiger partial charge is 0.495 e. The molecule has 7 nitrogen and oxygen atoms in total. The van der Waals surface area contributed by atoms with Crippen molar-refractivity contribution in [2.45, 2.75) is 18.6 Å². The Morgan fingerprint density at radius 3 is 2.68 bits per heavy atom. The molecule has 0 bridgehead atoms. The van der Waals surface area contributed by atoms with Crippen molar-refractivity contribution >= 4 is 17.5 Å². The van der Waals surface area contributed by atoms with Gasteiger partial charge in [-0.15, -0.1) is 0 Å². The van der Waals surface area contributed by atoms with E-state index in [1.54, 1.807) is 19.2 Å². The maximum atomic E-state index is 12.4. The molecule has 0 aromatic heterocycles. The molecule has 28 heavy (non-hydrogen) atoms. The van der Waals surface area contributed by atoms with Gasteiger partial charge >= 0.3 is 0 Å². The number of ether oxygens (including phenoxy) is 2. The van der Waals surface area contributed by atoms with E-state index < -0.39 is 5.72 Å². The average Bonchev–Trinajstić information content (AvgIpc) is 2.70. The lowest BCUT2D eigenvalue weighted by atomic mass is 9.97. The Kier molecular flexibility index (Phi) is 4.92. The lowest BCUT2D eigenvalue weighted by Gasteiger charge is -2.44. The number of amides is 2. The van der Waals surface area contributed by atoms with E-state index in [9.17, 15) is 9.59 Å². The van der Waals surface area contributed by atoms with Crippen LogP contribution in [0.25, 0.3) is 0 Å². The highest BCUT2D eigenvalue weighted by Gasteiger charge is 2.42. The molecule has 0 atom stereocenters. The fourth-order valence-corrected chi connectivity index (χ4v) is 3.69. The van der Waals surface area contributed by atoms with E-state index in [2.05, 4.69) is 15.5 Å². The van der Waals surface area contributed by atoms with E-state index >= 15 is 0 Å². The summed E-state index contributed by atoms with van der Waals surface area (Å²) in [5.74, 6) is 1.04. The first kappa shape index (κ1) is 18.3. The summed E-state index contributed by atoms with van der Waals surface area (Å²) in [5, 5.41) is 5.91. The number of fused-ring (bicyclic) bond motifs is 1. The highest BCUT2D eigenvalue weighted by atomic mass is 16.5. The van der Waals surface area contributed by atoms with Crippen LogP contribution in [0, 0.1) is 0 Å². The third kappa shape index (κ3) is 3.66. The zero-order valence-corrected chi connectivity index (χ0v) is 15.7. The zero-order chi connectivity index (χ0) is 19.6. The quantitative estimate of drug-likeness (QED) is 0.849. The molecule has 4 rings (SSSR count). The topological polar surface area (TPSA) is 79.9 Å². The monoisotopic (exact) mass is 381 g/mol. The molecule has 2 N–H and O–H groups in total. The van der Waals surface area contributed by atoms with Crippen LogP contribution in [0.4, 0.5) is 5.69 Å². The van der Waals surface area contributed by atoms with E-state index in [1.165, 1.54) is 0 Å². The minimum absolute atomic E-state index is 0.0978. The van der Waals surface area contributed by atoms with Gasteiger partial charge < -0.3 is 20.1 Å². The standard InChI is InChI=1S/C21H23N3O4/c1-27-18-9-5-3-7-16(18)22-19(25)14-24-12-10-21(11-13-24)23-20(26)15-6-2-4-8-17(15)28-21/h2-9H,10-14H2,1H3,(H,22,25)(H,23,26). The summed E-state index contributed by atoms with van der Waals surface area (Å²) in [6, 6.07) is 14.6. The number of nitrogens with zero attached hydrogens (tertiary/aromatic N) is 1. The molecule has 2 aromatic rings. The molecule has 0 radical (unpaired) electrons. The summed E-state index contributed by atoms with van der Waals surface area (Å²) < 4.78 is 11.4. The van der Waals surface area contributed by atoms with Crippen molar-refractivity contribution in [3.8, 4) is 11.5 Å². The van der Waals surface area contributed by atoms with Gasteiger partial charge in [0.2, 0.25) is 5.91 Å². The van der Waals surface area contributed by atoms with E-state index in [0.29, 0.717) is 48.7 Å². The Labute approximate surface area is 163 Å². The van der Waals surface area contributed by atoms with Gasteiger partial charge in [0.25, 0.3) is 5.91 Å². The third-order valence-electron chi connectivity index (χ3n) is 5.19. The molecular weight excluding hydrogens is 358 g/mol. The second-order valence-corrected chi connectivity index (χ2v) is 7.07. The highest BCUT2D eigenvalue weighted by Crippen LogP contribution is 2.33. The summed E-state index contributed by atoms with van der Waals surface area (Å²) in [6.45, 7) is 1.59. The Morgan fingerprint density at radius 2 is 1.89 bits per heavy atom. The van der Waals surface area contributed by atoms with Gasteiger partial charge in [-0.1, -0.05) is 24.3 Å². The van der Waals surface area contributed by atoms with Crippen molar-refractivity contribution in [2.75, 3.05) is 32.1 Å². The van der Waals surface area contributed by atoms with Crippen molar-refractivity contribution in [1.29, 1.82) is 0 Å². The first-order valence-corrected chi connectivity index (χ1v) is 9.34. The van der Waals surface area contributed by atoms with Crippen LogP contribution in [-0.2, 0) is 4.79 Å². The second kappa shape index (κ2) is 7.52. The summed E-state index contributed by atoms with van der Waals surface area (Å²) in [7, 11) is 1.58. The molecule has 1 saturated heterocycles. The van der Waals surface area contributed by atoms with Crippen LogP contribution in [0.1, 0.15) is 23.2 Å². The number of rotatable bonds is 4. The van der Waals surface area contributed by atoms with Crippen molar-refractivity contribution in [2.24, 2.45) is 0 Å². The van der Waals surface area contributed by atoms with Gasteiger partial charge in [0.1, 0.15) is 11.5 Å². The van der Waals surface area contributed by atoms with Crippen LogP contribution in [0.3, 0.4) is 0 Å². The number of piperidine rings is 1. The molecule has 2 aromatic carbocycles. The molecule has 0 aliphatic carbocycles. The summed E-state index contributed by atoms with van der Waals surface area (Å²) in [5.41, 5.74) is 0.524. The van der Waals surface area contributed by atoms with Crippen molar-refractivity contribution in [3.63, 3.8) is 0 Å². The molecule has 0 saturated carbocycles. The number of anilines is 1. The molecule has 2 amide bonds. The predicted octanol–water partition coefficient (Wildman–Crippen LogP) is 2.25. The van der Waals surface area contributed by atoms with Gasteiger partial charge in [-0.05, 0) is 24.3 Å². The Morgan fingerprint density at radius 1 is 1.18 bits per heavy atom. The molecule has 7 heteroatoms. The number of carbonyl (C=O) groups is 2. The number of likely N-dealkylation sites (tertiary alicyclic amines) is 1. The Balaban J connectivity index is 1.35. The van der Waals surface area contributed by atoms with Crippen LogP contribution in [-0.4, -0.2) is 49.2 Å². The minimum Gasteiger partial charge on any atom is -0.495 e. The zero-order valence-electron chi connectivity index (χ0n) is 15.7. The highest BCUT2D eigenvalue weighted by molar-refractivity contribution is 5.98. The maximum Gasteiger partial charge on any atom is 0.258 e. The minimum atomic E-state index is -0.693. The van der Waals surface area contributed by atoms with Gasteiger partial charge in [0.05, 0.1) is 24.9 Å². The summed E-state index contributed by atoms with van der Waals surface area (Å²) in [6.07, 6.45) is 1.24. The van der Waals surface area contributed by atoms with Crippen LogP contribution < -0.4 is 20.1 Å². The number of hydrogen-bond acceptors (Lipinski definition) is 5. The summed E-state index contributed by atoms with van der Waals surface area (Å²) >= 11 is 0. The smallest absolute Gasteiger partial charge is 0.258 e. The van der Waals surface area contributed by atoms with Gasteiger partial charge in [-0.25, -0.2) is 0 Å². The summed E-state index contributed by atoms with van der Waals surface area (Å²) in [4.78, 5) is 26.9. The molecule has 2 aliphatic rings. The average molecular weight is 381 g/mol. The Hall–Kier alpha value is -3.06. The van der Waals surface area contributed by atoms with Crippen LogP contribution >= 0.6 is 0 Å². The number of nitrogens with one attached hydrogen (secondary N) is 2. The SMILES string of the molecule is COc1ccccc1NC(=O)CN1CCC2(CC1)NC(=O)c1ccccc1O2. The fraction of sp³-hybridized carbons (Fsp3) is 0.333. The second-order valence-electron chi connectivity index (χ2n) is 7.07. The van der Waals surface area contributed by atoms with E-state index in [0.717, 1.165) is 0 Å². The van der Waals surface area contributed by atoms with E-state index in [1.807, 2.05) is 36.4 Å². The van der Waals surface area contributed by atoms with Crippen LogP contribution in [0.5, 0.6) is 11.5 Å². The number of benzene rings is 2. The van der Waals surface area contributed by atoms with E-state index in [-0.39, 0.29) is 18.4 Å². The molecule has 1 spiro atoms. The van der Waals surface area contributed by atoms with Crippen LogP contribution in [0.2, 0.25) is 0 Å². The van der Waals surface area contributed by atoms with Gasteiger partial charge in [0, 0.05) is 25.9 Å². The first-order valence-electron chi connectivity index (χ1n) is 9.34. The molecule has 2 aliphatic heterocycles. The number of methoxy groups -OCH3 is 1. The Bertz CT molecular complexity index is 891. The van der Waals surface area contributed by atoms with Crippen molar-refractivity contribution in [1.82, 2.24) is 10.2 Å². The maximum absolute atomic E-state index is 12.4. The normalized spacial score (nSPS) is 18.0. The molecule has 1 fully saturated rings. The fourth-order valence-electron chi connectivity index (χ4n) is 3.69. The first-order chi connectivity index (χ1) is 13.6. The molecule has 2 heterocycles. The number of para-hydroxylation sites is 3.